The topological polar surface area (TPSA) is 88.0 Å². The summed E-state index contributed by atoms with van der Waals surface area (Å²) in [5, 5.41) is 12.3. The third kappa shape index (κ3) is 3.33. The average molecular weight is 374 g/mol. The van der Waals surface area contributed by atoms with E-state index in [1.165, 1.54) is 11.3 Å². The van der Waals surface area contributed by atoms with E-state index >= 15 is 0 Å². The molecule has 2 N–H and O–H groups in total. The van der Waals surface area contributed by atoms with Crippen LogP contribution in [0, 0.1) is 6.92 Å². The third-order valence-electron chi connectivity index (χ3n) is 5.36. The number of aromatic carboxylic acids is 1. The highest BCUT2D eigenvalue weighted by Crippen LogP contribution is 2.38. The predicted octanol–water partition coefficient (Wildman–Crippen LogP) is 4.51. The average Bonchev–Trinajstić information content (AvgIpc) is 2.98. The lowest BCUT2D eigenvalue weighted by atomic mass is 9.86. The molecule has 0 radical (unpaired) electrons. The van der Waals surface area contributed by atoms with Gasteiger partial charge in [-0.1, -0.05) is 13.8 Å². The lowest BCUT2D eigenvalue weighted by Crippen LogP contribution is -2.12. The van der Waals surface area contributed by atoms with Gasteiger partial charge in [0.15, 0.2) is 0 Å². The van der Waals surface area contributed by atoms with E-state index < -0.39 is 5.97 Å². The number of carbonyl (C=O) groups is 1. The van der Waals surface area contributed by atoms with Crippen molar-refractivity contribution in [1.29, 1.82) is 0 Å². The number of fused-ring (bicyclic) bond motifs is 1. The maximum atomic E-state index is 11.1. The Kier molecular flexibility index (Phi) is 4.34. The fraction of sp³-hybridized carbons (Fsp3) is 0.273. The first kappa shape index (κ1) is 18.1. The number of hydrogen-bond donors (Lipinski definition) is 2. The molecule has 0 fully saturated rings. The maximum absolute atomic E-state index is 11.1. The summed E-state index contributed by atoms with van der Waals surface area (Å²) in [7, 11) is 0. The van der Waals surface area contributed by atoms with Gasteiger partial charge in [0.25, 0.3) is 0 Å². The smallest absolute Gasteiger partial charge is 0.335 e. The molecule has 142 valence electrons. The van der Waals surface area contributed by atoms with Crippen LogP contribution in [-0.2, 0) is 11.8 Å². The van der Waals surface area contributed by atoms with Crippen LogP contribution in [0.1, 0.15) is 47.4 Å². The zero-order valence-electron chi connectivity index (χ0n) is 16.2. The summed E-state index contributed by atoms with van der Waals surface area (Å²) >= 11 is 0. The van der Waals surface area contributed by atoms with Gasteiger partial charge in [-0.2, -0.15) is 0 Å². The molecule has 1 aliphatic rings. The Morgan fingerprint density at radius 2 is 2.00 bits per heavy atom. The number of anilines is 2. The van der Waals surface area contributed by atoms with E-state index in [9.17, 15) is 4.79 Å². The number of aromatic nitrogens is 3. The summed E-state index contributed by atoms with van der Waals surface area (Å²) in [4.78, 5) is 24.7. The highest BCUT2D eigenvalue weighted by molar-refractivity contribution is 5.88. The lowest BCUT2D eigenvalue weighted by molar-refractivity contribution is 0.0697. The number of carboxylic acid groups (broad SMARTS) is 1. The first-order valence-corrected chi connectivity index (χ1v) is 9.27. The van der Waals surface area contributed by atoms with Crippen molar-refractivity contribution in [2.45, 2.75) is 39.0 Å². The Bertz CT molecular complexity index is 1080. The van der Waals surface area contributed by atoms with Crippen LogP contribution in [-0.4, -0.2) is 26.0 Å². The largest absolute Gasteiger partial charge is 0.478 e. The molecule has 28 heavy (non-hydrogen) atoms. The Balaban J connectivity index is 1.64. The molecule has 1 aromatic carbocycles. The van der Waals surface area contributed by atoms with Crippen molar-refractivity contribution in [3.63, 3.8) is 0 Å². The summed E-state index contributed by atoms with van der Waals surface area (Å²) in [5.74, 6) is -0.483. The van der Waals surface area contributed by atoms with Crippen LogP contribution in [0.15, 0.2) is 42.7 Å². The van der Waals surface area contributed by atoms with Gasteiger partial charge in [0.05, 0.1) is 11.3 Å². The summed E-state index contributed by atoms with van der Waals surface area (Å²) in [6.45, 7) is 6.35. The predicted molar refractivity (Wildman–Crippen MR) is 108 cm³/mol. The molecule has 0 aliphatic heterocycles. The van der Waals surface area contributed by atoms with E-state index in [4.69, 9.17) is 5.11 Å². The molecule has 0 atom stereocenters. The van der Waals surface area contributed by atoms with Gasteiger partial charge in [-0.15, -0.1) is 0 Å². The monoisotopic (exact) mass is 374 g/mol. The molecule has 0 unspecified atom stereocenters. The van der Waals surface area contributed by atoms with Crippen molar-refractivity contribution in [3.05, 3.63) is 65.1 Å². The van der Waals surface area contributed by atoms with Gasteiger partial charge in [0.1, 0.15) is 0 Å². The second-order valence-corrected chi connectivity index (χ2v) is 7.83. The first-order valence-electron chi connectivity index (χ1n) is 9.27. The van der Waals surface area contributed by atoms with Gasteiger partial charge in [0.2, 0.25) is 5.95 Å². The highest BCUT2D eigenvalue weighted by atomic mass is 16.4. The summed E-state index contributed by atoms with van der Waals surface area (Å²) in [6.07, 6.45) is 5.72. The van der Waals surface area contributed by atoms with Crippen molar-refractivity contribution in [1.82, 2.24) is 15.0 Å². The molecular formula is C22H22N4O2. The number of nitrogens with one attached hydrogen (secondary N) is 1. The molecule has 0 saturated heterocycles. The Hall–Kier alpha value is -3.28. The van der Waals surface area contributed by atoms with Crippen LogP contribution in [0.2, 0.25) is 0 Å². The summed E-state index contributed by atoms with van der Waals surface area (Å²) < 4.78 is 0. The highest BCUT2D eigenvalue weighted by Gasteiger charge is 2.31. The van der Waals surface area contributed by atoms with E-state index in [1.807, 2.05) is 19.2 Å². The van der Waals surface area contributed by atoms with E-state index in [1.54, 1.807) is 24.4 Å². The number of pyridine rings is 1. The van der Waals surface area contributed by atoms with E-state index in [0.717, 1.165) is 35.3 Å². The quantitative estimate of drug-likeness (QED) is 0.698. The second kappa shape index (κ2) is 6.71. The van der Waals surface area contributed by atoms with Gasteiger partial charge >= 0.3 is 5.97 Å². The molecule has 0 saturated carbocycles. The maximum Gasteiger partial charge on any atom is 0.335 e. The number of benzene rings is 1. The summed E-state index contributed by atoms with van der Waals surface area (Å²) in [5.41, 5.74) is 6.21. The molecule has 2 heterocycles. The van der Waals surface area contributed by atoms with Crippen LogP contribution < -0.4 is 5.32 Å². The van der Waals surface area contributed by atoms with Crippen LogP contribution >= 0.6 is 0 Å². The normalized spacial score (nSPS) is 14.5. The number of rotatable bonds is 4. The van der Waals surface area contributed by atoms with Crippen LogP contribution in [0.25, 0.3) is 11.3 Å². The number of aryl methyl sites for hydroxylation is 2. The van der Waals surface area contributed by atoms with Crippen LogP contribution in [0.5, 0.6) is 0 Å². The Morgan fingerprint density at radius 3 is 2.75 bits per heavy atom. The van der Waals surface area contributed by atoms with Crippen molar-refractivity contribution in [2.24, 2.45) is 0 Å². The van der Waals surface area contributed by atoms with Crippen LogP contribution in [0.3, 0.4) is 0 Å². The molecule has 6 heteroatoms. The van der Waals surface area contributed by atoms with E-state index in [2.05, 4.69) is 40.2 Å². The Morgan fingerprint density at radius 1 is 1.18 bits per heavy atom. The number of carboxylic acids is 1. The van der Waals surface area contributed by atoms with Gasteiger partial charge in [0, 0.05) is 29.3 Å². The molecular weight excluding hydrogens is 352 g/mol. The minimum Gasteiger partial charge on any atom is -0.478 e. The van der Waals surface area contributed by atoms with E-state index in [-0.39, 0.29) is 11.0 Å². The van der Waals surface area contributed by atoms with Gasteiger partial charge in [-0.3, -0.25) is 4.98 Å². The lowest BCUT2D eigenvalue weighted by Gasteiger charge is -2.19. The van der Waals surface area contributed by atoms with Crippen molar-refractivity contribution >= 4 is 17.6 Å². The van der Waals surface area contributed by atoms with E-state index in [0.29, 0.717) is 5.95 Å². The molecule has 0 bridgehead atoms. The third-order valence-corrected chi connectivity index (χ3v) is 5.36. The molecule has 4 rings (SSSR count). The minimum atomic E-state index is -0.945. The van der Waals surface area contributed by atoms with Gasteiger partial charge in [-0.05, 0) is 66.6 Å². The molecule has 0 spiro atoms. The molecule has 1 aliphatic carbocycles. The molecule has 0 amide bonds. The second-order valence-electron chi connectivity index (χ2n) is 7.83. The molecule has 3 aromatic rings. The van der Waals surface area contributed by atoms with Crippen molar-refractivity contribution < 1.29 is 9.90 Å². The number of nitrogens with zero attached hydrogens (tertiary/aromatic N) is 3. The zero-order valence-corrected chi connectivity index (χ0v) is 16.2. The molecule has 6 nitrogen and oxygen atoms in total. The molecule has 2 aromatic heterocycles. The van der Waals surface area contributed by atoms with Crippen molar-refractivity contribution in [3.8, 4) is 11.3 Å². The van der Waals surface area contributed by atoms with Gasteiger partial charge < -0.3 is 10.4 Å². The van der Waals surface area contributed by atoms with Crippen molar-refractivity contribution in [2.75, 3.05) is 5.32 Å². The number of hydrogen-bond acceptors (Lipinski definition) is 5. The fourth-order valence-corrected chi connectivity index (χ4v) is 3.62. The zero-order chi connectivity index (χ0) is 19.9. The fourth-order valence-electron chi connectivity index (χ4n) is 3.62. The Labute approximate surface area is 163 Å². The standard InChI is InChI=1S/C22H22N4O2/c1-13-10-14(20(27)28)4-5-17(13)25-21-23-9-7-18(26-21)15-11-16-19(24-12-15)6-8-22(16,2)3/h4-5,7,9-12H,6,8H2,1-3H3,(H,27,28)(H,23,25,26). The minimum absolute atomic E-state index is 0.134. The summed E-state index contributed by atoms with van der Waals surface area (Å²) in [6, 6.07) is 8.98. The first-order chi connectivity index (χ1) is 13.3. The van der Waals surface area contributed by atoms with Crippen LogP contribution in [0.4, 0.5) is 11.6 Å². The SMILES string of the molecule is Cc1cc(C(=O)O)ccc1Nc1nccc(-c2cnc3c(c2)C(C)(C)CC3)n1. The van der Waals surface area contributed by atoms with Gasteiger partial charge in [-0.25, -0.2) is 14.8 Å².